The highest BCUT2D eigenvalue weighted by atomic mass is 19.1. The van der Waals surface area contributed by atoms with Gasteiger partial charge in [-0.25, -0.2) is 4.39 Å². The van der Waals surface area contributed by atoms with Crippen LogP contribution in [0.2, 0.25) is 0 Å². The summed E-state index contributed by atoms with van der Waals surface area (Å²) < 4.78 is 39.9. The molecular weight excluding hydrogens is 488 g/mol. The maximum atomic E-state index is 15.7. The number of carbonyl (C=O) groups excluding carboxylic acids is 1. The minimum Gasteiger partial charge on any atom is -0.492 e. The number of para-hydroxylation sites is 1. The van der Waals surface area contributed by atoms with Crippen LogP contribution in [0.4, 0.5) is 8.78 Å². The van der Waals surface area contributed by atoms with Crippen LogP contribution in [0.5, 0.6) is 5.75 Å². The second-order valence-electron chi connectivity index (χ2n) is 10.5. The topological polar surface area (TPSA) is 66.6 Å². The van der Waals surface area contributed by atoms with Crippen LogP contribution in [0.3, 0.4) is 0 Å². The molecule has 0 radical (unpaired) electrons. The zero-order valence-electron chi connectivity index (χ0n) is 22.2. The highest BCUT2D eigenvalue weighted by Gasteiger charge is 2.39. The van der Waals surface area contributed by atoms with Gasteiger partial charge in [-0.05, 0) is 75.4 Å². The van der Waals surface area contributed by atoms with Crippen molar-refractivity contribution in [2.75, 3.05) is 33.1 Å². The molecule has 2 aliphatic rings. The van der Waals surface area contributed by atoms with Gasteiger partial charge in [0, 0.05) is 34.7 Å². The fourth-order valence-corrected chi connectivity index (χ4v) is 5.64. The molecule has 0 spiro atoms. The van der Waals surface area contributed by atoms with Crippen molar-refractivity contribution in [2.45, 2.75) is 58.0 Å². The summed E-state index contributed by atoms with van der Waals surface area (Å²) in [4.78, 5) is 18.3. The molecule has 0 amide bonds. The van der Waals surface area contributed by atoms with Crippen LogP contribution < -0.4 is 10.1 Å². The van der Waals surface area contributed by atoms with Gasteiger partial charge in [0.2, 0.25) is 0 Å². The summed E-state index contributed by atoms with van der Waals surface area (Å²) in [6.07, 6.45) is 4.04. The number of carbonyl (C=O) groups is 1. The molecule has 2 atom stereocenters. The molecule has 0 bridgehead atoms. The number of halogens is 2. The highest BCUT2D eigenvalue weighted by molar-refractivity contribution is 5.85. The smallest absolute Gasteiger partial charge is 0.310 e. The number of hydrogen-bond donors (Lipinski definition) is 2. The van der Waals surface area contributed by atoms with Crippen LogP contribution in [0.1, 0.15) is 61.0 Å². The minimum absolute atomic E-state index is 0.0176. The van der Waals surface area contributed by atoms with E-state index in [0.717, 1.165) is 42.3 Å². The summed E-state index contributed by atoms with van der Waals surface area (Å²) in [5, 5.41) is 4.29. The van der Waals surface area contributed by atoms with E-state index in [1.54, 1.807) is 6.07 Å². The molecule has 204 valence electrons. The first-order chi connectivity index (χ1) is 18.5. The molecule has 2 N–H and O–H groups in total. The highest BCUT2D eigenvalue weighted by Crippen LogP contribution is 2.44. The number of hydrogen-bond acceptors (Lipinski definition) is 5. The van der Waals surface area contributed by atoms with Crippen molar-refractivity contribution < 1.29 is 23.0 Å². The Morgan fingerprint density at radius 3 is 2.76 bits per heavy atom. The van der Waals surface area contributed by atoms with E-state index in [2.05, 4.69) is 28.2 Å². The Morgan fingerprint density at radius 2 is 2.00 bits per heavy atom. The number of ether oxygens (including phenoxy) is 2. The van der Waals surface area contributed by atoms with Gasteiger partial charge in [0.05, 0.1) is 18.6 Å². The first-order valence-electron chi connectivity index (χ1n) is 13.7. The SMILES string of the molecule is Cc1c(OCCNCCCF)ccc(F)c1[C@@H]1c2[nH]c3ccccc3c2C[C@@H](C)N1COC(=O)C1CCC1. The van der Waals surface area contributed by atoms with E-state index in [4.69, 9.17) is 9.47 Å². The maximum absolute atomic E-state index is 15.7. The third kappa shape index (κ3) is 5.29. The minimum atomic E-state index is -0.471. The fourth-order valence-electron chi connectivity index (χ4n) is 5.64. The number of aromatic nitrogens is 1. The zero-order chi connectivity index (χ0) is 26.6. The average Bonchev–Trinajstić information content (AvgIpc) is 3.23. The van der Waals surface area contributed by atoms with E-state index >= 15 is 4.39 Å². The molecule has 8 heteroatoms. The Balaban J connectivity index is 1.48. The lowest BCUT2D eigenvalue weighted by molar-refractivity contribution is -0.158. The molecule has 3 aromatic rings. The van der Waals surface area contributed by atoms with E-state index in [1.165, 1.54) is 11.6 Å². The summed E-state index contributed by atoms with van der Waals surface area (Å²) in [5.41, 5.74) is 4.34. The maximum Gasteiger partial charge on any atom is 0.310 e. The van der Waals surface area contributed by atoms with E-state index in [0.29, 0.717) is 43.0 Å². The molecule has 1 aliphatic heterocycles. The van der Waals surface area contributed by atoms with Gasteiger partial charge in [-0.15, -0.1) is 0 Å². The number of aromatic amines is 1. The summed E-state index contributed by atoms with van der Waals surface area (Å²) in [7, 11) is 0. The summed E-state index contributed by atoms with van der Waals surface area (Å²) in [6.45, 7) is 5.28. The molecule has 1 fully saturated rings. The summed E-state index contributed by atoms with van der Waals surface area (Å²) in [5.74, 6) is 0.0935. The zero-order valence-corrected chi connectivity index (χ0v) is 22.2. The Bertz CT molecular complexity index is 1270. The number of nitrogens with one attached hydrogen (secondary N) is 2. The van der Waals surface area contributed by atoms with Crippen molar-refractivity contribution in [2.24, 2.45) is 5.92 Å². The number of alkyl halides is 1. The van der Waals surface area contributed by atoms with Crippen molar-refractivity contribution in [1.82, 2.24) is 15.2 Å². The second-order valence-corrected chi connectivity index (χ2v) is 10.5. The molecule has 0 unspecified atom stereocenters. The molecule has 5 rings (SSSR count). The Kier molecular flexibility index (Phi) is 8.29. The number of esters is 1. The Labute approximate surface area is 222 Å². The molecular formula is C30H37F2N3O3. The second kappa shape index (κ2) is 11.8. The van der Waals surface area contributed by atoms with E-state index < -0.39 is 6.04 Å². The molecule has 6 nitrogen and oxygen atoms in total. The number of benzene rings is 2. The number of fused-ring (bicyclic) bond motifs is 3. The summed E-state index contributed by atoms with van der Waals surface area (Å²) >= 11 is 0. The number of H-pyrrole nitrogens is 1. The fraction of sp³-hybridized carbons (Fsp3) is 0.500. The predicted octanol–water partition coefficient (Wildman–Crippen LogP) is 5.58. The van der Waals surface area contributed by atoms with Gasteiger partial charge in [0.25, 0.3) is 0 Å². The molecule has 0 saturated heterocycles. The molecule has 1 aromatic heterocycles. The van der Waals surface area contributed by atoms with Crippen LogP contribution in [-0.2, 0) is 16.0 Å². The lowest BCUT2D eigenvalue weighted by Crippen LogP contribution is -2.45. The third-order valence-corrected chi connectivity index (χ3v) is 8.02. The van der Waals surface area contributed by atoms with E-state index in [-0.39, 0.29) is 37.2 Å². The largest absolute Gasteiger partial charge is 0.492 e. The molecule has 1 saturated carbocycles. The van der Waals surface area contributed by atoms with Crippen LogP contribution in [0, 0.1) is 18.7 Å². The third-order valence-electron chi connectivity index (χ3n) is 8.02. The predicted molar refractivity (Wildman–Crippen MR) is 144 cm³/mol. The van der Waals surface area contributed by atoms with E-state index in [1.807, 2.05) is 25.1 Å². The van der Waals surface area contributed by atoms with Gasteiger partial charge >= 0.3 is 5.97 Å². The summed E-state index contributed by atoms with van der Waals surface area (Å²) in [6, 6.07) is 10.8. The lowest BCUT2D eigenvalue weighted by atomic mass is 9.85. The molecule has 2 heterocycles. The van der Waals surface area contributed by atoms with Crippen LogP contribution in [0.15, 0.2) is 36.4 Å². The van der Waals surface area contributed by atoms with Crippen molar-refractivity contribution in [3.63, 3.8) is 0 Å². The first kappa shape index (κ1) is 26.6. The molecule has 2 aromatic carbocycles. The quantitative estimate of drug-likeness (QED) is 0.253. The van der Waals surface area contributed by atoms with Gasteiger partial charge < -0.3 is 19.8 Å². The van der Waals surface area contributed by atoms with Gasteiger partial charge in [0.15, 0.2) is 0 Å². The van der Waals surface area contributed by atoms with Crippen LogP contribution in [-0.4, -0.2) is 55.0 Å². The molecule has 1 aliphatic carbocycles. The van der Waals surface area contributed by atoms with Crippen LogP contribution >= 0.6 is 0 Å². The van der Waals surface area contributed by atoms with Crippen molar-refractivity contribution >= 4 is 16.9 Å². The van der Waals surface area contributed by atoms with Crippen molar-refractivity contribution in [1.29, 1.82) is 0 Å². The van der Waals surface area contributed by atoms with Crippen molar-refractivity contribution in [3.05, 3.63) is 64.6 Å². The first-order valence-corrected chi connectivity index (χ1v) is 13.7. The number of rotatable bonds is 11. The van der Waals surface area contributed by atoms with Crippen molar-refractivity contribution in [3.8, 4) is 5.75 Å². The lowest BCUT2D eigenvalue weighted by Gasteiger charge is -2.41. The van der Waals surface area contributed by atoms with Crippen LogP contribution in [0.25, 0.3) is 10.9 Å². The standard InChI is InChI=1S/C30H37F2N3O3/c1-19-17-23-22-9-3-4-10-25(22)34-28(23)29(35(19)18-38-30(36)21-7-5-8-21)27-20(2)26(12-11-24(27)32)37-16-15-33-14-6-13-31/h3-4,9-12,19,21,29,33-34H,5-8,13-18H2,1-2H3/t19-,29-/m1/s1. The van der Waals surface area contributed by atoms with Gasteiger partial charge in [-0.2, -0.15) is 0 Å². The Hall–Kier alpha value is -2.97. The monoisotopic (exact) mass is 525 g/mol. The average molecular weight is 526 g/mol. The number of nitrogens with zero attached hydrogens (tertiary/aromatic N) is 1. The van der Waals surface area contributed by atoms with Gasteiger partial charge in [-0.1, -0.05) is 24.6 Å². The molecule has 38 heavy (non-hydrogen) atoms. The van der Waals surface area contributed by atoms with E-state index in [9.17, 15) is 9.18 Å². The Morgan fingerprint density at radius 1 is 1.18 bits per heavy atom. The normalized spacial score (nSPS) is 19.8. The van der Waals surface area contributed by atoms with Gasteiger partial charge in [-0.3, -0.25) is 14.1 Å². The van der Waals surface area contributed by atoms with Gasteiger partial charge in [0.1, 0.15) is 24.9 Å².